The summed E-state index contributed by atoms with van der Waals surface area (Å²) in [6, 6.07) is 5.49. The van der Waals surface area contributed by atoms with Crippen LogP contribution in [-0.4, -0.2) is 49.8 Å². The third-order valence-electron chi connectivity index (χ3n) is 4.58. The van der Waals surface area contributed by atoms with Crippen molar-refractivity contribution < 1.29 is 12.8 Å². The Hall–Kier alpha value is -1.40. The lowest BCUT2D eigenvalue weighted by Gasteiger charge is -2.32. The molecule has 8 heteroatoms. The molecular weight excluding hydrogens is 316 g/mol. The fourth-order valence-electron chi connectivity index (χ4n) is 3.38. The molecule has 23 heavy (non-hydrogen) atoms. The number of nitrogens with zero attached hydrogens (tertiary/aromatic N) is 3. The number of rotatable bonds is 5. The van der Waals surface area contributed by atoms with Crippen LogP contribution >= 0.6 is 0 Å². The summed E-state index contributed by atoms with van der Waals surface area (Å²) in [4.78, 5) is 2.05. The third-order valence-corrected chi connectivity index (χ3v) is 6.27. The van der Waals surface area contributed by atoms with Crippen LogP contribution in [0.2, 0.25) is 0 Å². The summed E-state index contributed by atoms with van der Waals surface area (Å²) >= 11 is 0. The van der Waals surface area contributed by atoms with Gasteiger partial charge in [0.1, 0.15) is 5.76 Å². The zero-order valence-corrected chi connectivity index (χ0v) is 13.8. The van der Waals surface area contributed by atoms with E-state index < -0.39 is 10.2 Å². The van der Waals surface area contributed by atoms with E-state index in [2.05, 4.69) is 10.8 Å². The summed E-state index contributed by atoms with van der Waals surface area (Å²) in [6.45, 7) is 2.44. The fraction of sp³-hybridized carbons (Fsp3) is 0.667. The number of piperidine rings is 1. The molecular formula is C15H22N4O3S. The fourth-order valence-corrected chi connectivity index (χ4v) is 5.09. The van der Waals surface area contributed by atoms with E-state index in [-0.39, 0.29) is 12.1 Å². The number of nitriles is 1. The van der Waals surface area contributed by atoms with Crippen LogP contribution < -0.4 is 4.72 Å². The Bertz CT molecular complexity index is 645. The van der Waals surface area contributed by atoms with E-state index in [9.17, 15) is 8.42 Å². The summed E-state index contributed by atoms with van der Waals surface area (Å²) in [5, 5.41) is 8.72. The van der Waals surface area contributed by atoms with Gasteiger partial charge in [-0.15, -0.1) is 0 Å². The highest BCUT2D eigenvalue weighted by Crippen LogP contribution is 2.34. The molecule has 0 unspecified atom stereocenters. The largest absolute Gasteiger partial charge is 0.468 e. The van der Waals surface area contributed by atoms with Crippen LogP contribution in [0.5, 0.6) is 0 Å². The predicted molar refractivity (Wildman–Crippen MR) is 84.5 cm³/mol. The zero-order chi connectivity index (χ0) is 16.3. The van der Waals surface area contributed by atoms with Crippen molar-refractivity contribution in [1.29, 1.82) is 5.26 Å². The molecule has 1 aromatic rings. The van der Waals surface area contributed by atoms with Crippen molar-refractivity contribution in [2.24, 2.45) is 0 Å². The van der Waals surface area contributed by atoms with E-state index in [0.717, 1.165) is 38.8 Å². The normalized spacial score (nSPS) is 24.7. The maximum Gasteiger partial charge on any atom is 0.280 e. The van der Waals surface area contributed by atoms with Crippen molar-refractivity contribution >= 4 is 10.2 Å². The molecule has 0 saturated carbocycles. The number of furan rings is 1. The topological polar surface area (TPSA) is 89.6 Å². The Balaban J connectivity index is 1.62. The number of nitrogens with one attached hydrogen (secondary N) is 1. The highest BCUT2D eigenvalue weighted by molar-refractivity contribution is 7.87. The van der Waals surface area contributed by atoms with Crippen molar-refractivity contribution in [3.05, 3.63) is 24.2 Å². The highest BCUT2D eigenvalue weighted by Gasteiger charge is 2.38. The molecule has 1 atom stereocenters. The van der Waals surface area contributed by atoms with Crippen LogP contribution in [0.3, 0.4) is 0 Å². The number of hydrogen-bond donors (Lipinski definition) is 1. The molecule has 0 amide bonds. The van der Waals surface area contributed by atoms with Gasteiger partial charge in [0, 0.05) is 25.7 Å². The molecule has 3 heterocycles. The van der Waals surface area contributed by atoms with Gasteiger partial charge in [0.2, 0.25) is 0 Å². The molecule has 2 fully saturated rings. The Morgan fingerprint density at radius 2 is 2.09 bits per heavy atom. The van der Waals surface area contributed by atoms with E-state index in [4.69, 9.17) is 9.68 Å². The van der Waals surface area contributed by atoms with Crippen molar-refractivity contribution in [2.45, 2.75) is 37.8 Å². The Morgan fingerprint density at radius 3 is 2.74 bits per heavy atom. The molecule has 2 saturated heterocycles. The van der Waals surface area contributed by atoms with Gasteiger partial charge in [0.15, 0.2) is 0 Å². The minimum Gasteiger partial charge on any atom is -0.468 e. The van der Waals surface area contributed by atoms with Crippen LogP contribution in [-0.2, 0) is 10.2 Å². The monoisotopic (exact) mass is 338 g/mol. The van der Waals surface area contributed by atoms with Crippen LogP contribution in [0.15, 0.2) is 22.8 Å². The van der Waals surface area contributed by atoms with Crippen LogP contribution in [0.1, 0.15) is 37.5 Å². The van der Waals surface area contributed by atoms with Crippen LogP contribution in [0.4, 0.5) is 0 Å². The maximum absolute atomic E-state index is 12.7. The molecule has 0 bridgehead atoms. The second-order valence-electron chi connectivity index (χ2n) is 6.12. The zero-order valence-electron chi connectivity index (χ0n) is 13.0. The quantitative estimate of drug-likeness (QED) is 0.816. The molecule has 0 aliphatic carbocycles. The van der Waals surface area contributed by atoms with Crippen molar-refractivity contribution in [3.8, 4) is 6.07 Å². The molecule has 1 N–H and O–H groups in total. The van der Waals surface area contributed by atoms with Gasteiger partial charge in [-0.3, -0.25) is 4.90 Å². The number of likely N-dealkylation sites (tertiary alicyclic amines) is 1. The van der Waals surface area contributed by atoms with E-state index in [1.165, 1.54) is 4.31 Å². The summed E-state index contributed by atoms with van der Waals surface area (Å²) in [6.07, 6.45) is 4.68. The first-order chi connectivity index (χ1) is 11.1. The minimum atomic E-state index is -3.52. The van der Waals surface area contributed by atoms with Crippen molar-refractivity contribution in [3.63, 3.8) is 0 Å². The summed E-state index contributed by atoms with van der Waals surface area (Å²) < 4.78 is 35.2. The van der Waals surface area contributed by atoms with Crippen molar-refractivity contribution in [2.75, 3.05) is 26.2 Å². The average molecular weight is 338 g/mol. The van der Waals surface area contributed by atoms with Gasteiger partial charge in [-0.05, 0) is 37.8 Å². The SMILES string of the molecule is N#CCN1CCC(NS(=O)(=O)N2CCC[C@H]2c2ccco2)CC1. The molecule has 0 spiro atoms. The van der Waals surface area contributed by atoms with Gasteiger partial charge >= 0.3 is 0 Å². The van der Waals surface area contributed by atoms with Gasteiger partial charge in [-0.1, -0.05) is 0 Å². The minimum absolute atomic E-state index is 0.0622. The molecule has 7 nitrogen and oxygen atoms in total. The average Bonchev–Trinajstić information content (AvgIpc) is 3.20. The summed E-state index contributed by atoms with van der Waals surface area (Å²) in [5.74, 6) is 0.705. The lowest BCUT2D eigenvalue weighted by atomic mass is 10.1. The van der Waals surface area contributed by atoms with Crippen molar-refractivity contribution in [1.82, 2.24) is 13.9 Å². The van der Waals surface area contributed by atoms with Gasteiger partial charge in [0.05, 0.1) is 24.9 Å². The molecule has 3 rings (SSSR count). The lowest BCUT2D eigenvalue weighted by Crippen LogP contribution is -2.49. The molecule has 0 aromatic carbocycles. The molecule has 2 aliphatic heterocycles. The predicted octanol–water partition coefficient (Wildman–Crippen LogP) is 1.24. The smallest absolute Gasteiger partial charge is 0.280 e. The standard InChI is InChI=1S/C15H22N4O3S/c16-7-11-18-9-5-13(6-10-18)17-23(20,21)19-8-1-3-14(19)15-4-2-12-22-15/h2,4,12-14,17H,1,3,5-6,8-11H2/t14-/m0/s1. The van der Waals surface area contributed by atoms with Crippen LogP contribution in [0.25, 0.3) is 0 Å². The molecule has 2 aliphatic rings. The Labute approximate surface area is 137 Å². The third kappa shape index (κ3) is 3.75. The van der Waals surface area contributed by atoms with E-state index in [1.54, 1.807) is 12.3 Å². The first kappa shape index (κ1) is 16.5. The second-order valence-corrected chi connectivity index (χ2v) is 7.77. The maximum atomic E-state index is 12.7. The van der Waals surface area contributed by atoms with Gasteiger partial charge < -0.3 is 4.42 Å². The van der Waals surface area contributed by atoms with E-state index >= 15 is 0 Å². The van der Waals surface area contributed by atoms with E-state index in [0.29, 0.717) is 18.8 Å². The first-order valence-corrected chi connectivity index (χ1v) is 9.46. The Morgan fingerprint density at radius 1 is 1.30 bits per heavy atom. The number of hydrogen-bond acceptors (Lipinski definition) is 5. The summed E-state index contributed by atoms with van der Waals surface area (Å²) in [5.41, 5.74) is 0. The first-order valence-electron chi connectivity index (χ1n) is 8.02. The molecule has 1 aromatic heterocycles. The van der Waals surface area contributed by atoms with Gasteiger partial charge in [-0.2, -0.15) is 22.7 Å². The van der Waals surface area contributed by atoms with Gasteiger partial charge in [0.25, 0.3) is 10.2 Å². The van der Waals surface area contributed by atoms with Gasteiger partial charge in [-0.25, -0.2) is 0 Å². The van der Waals surface area contributed by atoms with Crippen LogP contribution in [0, 0.1) is 11.3 Å². The molecule has 0 radical (unpaired) electrons. The lowest BCUT2D eigenvalue weighted by molar-refractivity contribution is 0.226. The Kier molecular flexibility index (Phi) is 5.02. The highest BCUT2D eigenvalue weighted by atomic mass is 32.2. The summed E-state index contributed by atoms with van der Waals surface area (Å²) in [7, 11) is -3.52. The van der Waals surface area contributed by atoms with E-state index in [1.807, 2.05) is 11.0 Å². The molecule has 126 valence electrons. The second kappa shape index (κ2) is 7.01.